The number of H-pyrrole nitrogens is 2. The summed E-state index contributed by atoms with van der Waals surface area (Å²) in [5.41, 5.74) is 12.4. The van der Waals surface area contributed by atoms with E-state index in [9.17, 15) is 4.39 Å². The van der Waals surface area contributed by atoms with Gasteiger partial charge in [0.15, 0.2) is 16.6 Å². The molecule has 0 amide bonds. The third kappa shape index (κ3) is 3.06. The molecular weight excluding hydrogens is 425 g/mol. The molecule has 32 heavy (non-hydrogen) atoms. The Morgan fingerprint density at radius 3 is 2.78 bits per heavy atom. The Morgan fingerprint density at radius 2 is 1.94 bits per heavy atom. The third-order valence-corrected chi connectivity index (χ3v) is 6.27. The smallest absolute Gasteiger partial charge is 0.181 e. The van der Waals surface area contributed by atoms with Crippen LogP contribution in [0.2, 0.25) is 0 Å². The Labute approximate surface area is 185 Å². The predicted octanol–water partition coefficient (Wildman–Crippen LogP) is 4.89. The van der Waals surface area contributed by atoms with Gasteiger partial charge < -0.3 is 10.7 Å². The van der Waals surface area contributed by atoms with Crippen LogP contribution in [0.3, 0.4) is 0 Å². The van der Waals surface area contributed by atoms with E-state index >= 15 is 0 Å². The van der Waals surface area contributed by atoms with Crippen LogP contribution in [0.1, 0.15) is 5.56 Å². The second-order valence-electron chi connectivity index (χ2n) is 7.37. The Hall–Kier alpha value is -3.95. The van der Waals surface area contributed by atoms with Gasteiger partial charge in [-0.3, -0.25) is 10.1 Å². The van der Waals surface area contributed by atoms with E-state index in [1.165, 1.54) is 6.07 Å². The molecule has 0 fully saturated rings. The number of hydrogen-bond acceptors (Lipinski definition) is 6. The molecule has 1 aromatic carbocycles. The van der Waals surface area contributed by atoms with Gasteiger partial charge in [0, 0.05) is 46.7 Å². The second-order valence-corrected chi connectivity index (χ2v) is 8.40. The van der Waals surface area contributed by atoms with Gasteiger partial charge in [0.25, 0.3) is 0 Å². The fourth-order valence-electron chi connectivity index (χ4n) is 3.80. The van der Waals surface area contributed by atoms with E-state index < -0.39 is 0 Å². The van der Waals surface area contributed by atoms with Crippen molar-refractivity contribution in [1.29, 1.82) is 0 Å². The number of nitrogens with one attached hydrogen (secondary N) is 2. The van der Waals surface area contributed by atoms with Gasteiger partial charge in [0.2, 0.25) is 0 Å². The van der Waals surface area contributed by atoms with Crippen LogP contribution in [0.5, 0.6) is 0 Å². The van der Waals surface area contributed by atoms with Crippen LogP contribution in [0, 0.1) is 5.13 Å². The first kappa shape index (κ1) is 18.8. The number of benzene rings is 1. The number of hydrogen-bond donors (Lipinski definition) is 3. The SMILES string of the molecule is NCc1cncc(-c2cnc3n[nH]c(-c4nc5c(-c6ccc(F)s6)cccc5[nH]4)c3c2)c1. The van der Waals surface area contributed by atoms with Crippen LogP contribution in [-0.2, 0) is 6.54 Å². The summed E-state index contributed by atoms with van der Waals surface area (Å²) in [5.74, 6) is 0.639. The molecule has 0 aliphatic rings. The number of nitrogens with zero attached hydrogens (tertiary/aromatic N) is 4. The lowest BCUT2D eigenvalue weighted by Crippen LogP contribution is -1.97. The van der Waals surface area contributed by atoms with Crippen molar-refractivity contribution in [1.82, 2.24) is 30.1 Å². The summed E-state index contributed by atoms with van der Waals surface area (Å²) in [6.45, 7) is 0.420. The zero-order valence-electron chi connectivity index (χ0n) is 16.6. The number of nitrogens with two attached hydrogens (primary N) is 1. The van der Waals surface area contributed by atoms with E-state index in [2.05, 4.69) is 25.1 Å². The number of aromatic nitrogens is 6. The van der Waals surface area contributed by atoms with E-state index in [0.717, 1.165) is 60.6 Å². The first-order valence-electron chi connectivity index (χ1n) is 9.93. The van der Waals surface area contributed by atoms with Crippen molar-refractivity contribution in [3.8, 4) is 33.1 Å². The molecule has 5 heterocycles. The maximum Gasteiger partial charge on any atom is 0.181 e. The van der Waals surface area contributed by atoms with E-state index in [4.69, 9.17) is 10.7 Å². The molecule has 7 nitrogen and oxygen atoms in total. The number of rotatable bonds is 4. The van der Waals surface area contributed by atoms with Gasteiger partial charge in [-0.05, 0) is 35.9 Å². The topological polar surface area (TPSA) is 109 Å². The molecule has 0 aliphatic heterocycles. The molecular formula is C23H16FN7S. The Bertz CT molecular complexity index is 1600. The van der Waals surface area contributed by atoms with Crippen molar-refractivity contribution in [2.24, 2.45) is 5.73 Å². The van der Waals surface area contributed by atoms with Crippen LogP contribution in [0.15, 0.2) is 61.1 Å². The van der Waals surface area contributed by atoms with E-state index in [1.54, 1.807) is 24.7 Å². The van der Waals surface area contributed by atoms with Gasteiger partial charge in [0.05, 0.1) is 16.4 Å². The van der Waals surface area contributed by atoms with Crippen molar-refractivity contribution in [2.45, 2.75) is 6.54 Å². The molecule has 9 heteroatoms. The van der Waals surface area contributed by atoms with Gasteiger partial charge in [-0.25, -0.2) is 9.97 Å². The molecule has 0 spiro atoms. The average Bonchev–Trinajstić information content (AvgIpc) is 3.55. The van der Waals surface area contributed by atoms with Crippen LogP contribution in [0.4, 0.5) is 4.39 Å². The zero-order chi connectivity index (χ0) is 21.7. The van der Waals surface area contributed by atoms with Crippen LogP contribution in [-0.4, -0.2) is 30.1 Å². The molecule has 6 aromatic rings. The summed E-state index contributed by atoms with van der Waals surface area (Å²) < 4.78 is 13.6. The minimum atomic E-state index is -0.223. The third-order valence-electron chi connectivity index (χ3n) is 5.36. The number of imidazole rings is 1. The highest BCUT2D eigenvalue weighted by molar-refractivity contribution is 7.14. The molecule has 6 rings (SSSR count). The summed E-state index contributed by atoms with van der Waals surface area (Å²) in [6.07, 6.45) is 5.31. The highest BCUT2D eigenvalue weighted by Crippen LogP contribution is 2.34. The van der Waals surface area contributed by atoms with Crippen molar-refractivity contribution < 1.29 is 4.39 Å². The van der Waals surface area contributed by atoms with Crippen molar-refractivity contribution in [3.05, 3.63) is 71.7 Å². The number of fused-ring (bicyclic) bond motifs is 2. The average molecular weight is 441 g/mol. The van der Waals surface area contributed by atoms with Crippen LogP contribution in [0.25, 0.3) is 55.2 Å². The summed E-state index contributed by atoms with van der Waals surface area (Å²) in [4.78, 5) is 17.8. The molecule has 5 aromatic heterocycles. The summed E-state index contributed by atoms with van der Waals surface area (Å²) in [7, 11) is 0. The number of aromatic amines is 2. The lowest BCUT2D eigenvalue weighted by molar-refractivity contribution is 0.657. The highest BCUT2D eigenvalue weighted by atomic mass is 32.1. The number of halogens is 1. The van der Waals surface area contributed by atoms with Gasteiger partial charge in [0.1, 0.15) is 5.69 Å². The normalized spacial score (nSPS) is 11.6. The van der Waals surface area contributed by atoms with Gasteiger partial charge in [-0.2, -0.15) is 9.49 Å². The predicted molar refractivity (Wildman–Crippen MR) is 123 cm³/mol. The lowest BCUT2D eigenvalue weighted by Gasteiger charge is -2.03. The molecule has 156 valence electrons. The first-order valence-corrected chi connectivity index (χ1v) is 10.7. The fourth-order valence-corrected chi connectivity index (χ4v) is 4.56. The largest absolute Gasteiger partial charge is 0.337 e. The molecule has 0 atom stereocenters. The minimum absolute atomic E-state index is 0.223. The summed E-state index contributed by atoms with van der Waals surface area (Å²) in [6, 6.07) is 13.1. The first-order chi connectivity index (χ1) is 15.7. The second kappa shape index (κ2) is 7.33. The molecule has 0 unspecified atom stereocenters. The Balaban J connectivity index is 1.49. The van der Waals surface area contributed by atoms with Gasteiger partial charge in [-0.1, -0.05) is 12.1 Å². The highest BCUT2D eigenvalue weighted by Gasteiger charge is 2.16. The monoisotopic (exact) mass is 441 g/mol. The molecule has 4 N–H and O–H groups in total. The number of pyridine rings is 2. The Morgan fingerprint density at radius 1 is 1.03 bits per heavy atom. The summed E-state index contributed by atoms with van der Waals surface area (Å²) >= 11 is 1.10. The quantitative estimate of drug-likeness (QED) is 0.361. The lowest BCUT2D eigenvalue weighted by atomic mass is 10.1. The molecule has 0 radical (unpaired) electrons. The standard InChI is InChI=1S/C23H16FN7S/c24-19-5-4-18(32-19)15-2-1-3-17-20(15)29-23(28-17)21-16-7-14(11-27-22(16)31-30-21)13-6-12(8-25)9-26-10-13/h1-7,9-11H,8,25H2,(H,28,29)(H,27,30,31). The van der Waals surface area contributed by atoms with E-state index in [1.807, 2.05) is 30.3 Å². The van der Waals surface area contributed by atoms with E-state index in [0.29, 0.717) is 18.0 Å². The number of thiophene rings is 1. The van der Waals surface area contributed by atoms with Crippen molar-refractivity contribution in [3.63, 3.8) is 0 Å². The minimum Gasteiger partial charge on any atom is -0.337 e. The molecule has 0 bridgehead atoms. The van der Waals surface area contributed by atoms with Crippen LogP contribution >= 0.6 is 11.3 Å². The van der Waals surface area contributed by atoms with E-state index in [-0.39, 0.29) is 5.13 Å². The molecule has 0 saturated carbocycles. The fraction of sp³-hybridized carbons (Fsp3) is 0.0435. The van der Waals surface area contributed by atoms with Gasteiger partial charge in [-0.15, -0.1) is 11.3 Å². The maximum atomic E-state index is 13.6. The maximum absolute atomic E-state index is 13.6. The zero-order valence-corrected chi connectivity index (χ0v) is 17.4. The molecule has 0 aliphatic carbocycles. The van der Waals surface area contributed by atoms with Crippen LogP contribution < -0.4 is 5.73 Å². The van der Waals surface area contributed by atoms with Gasteiger partial charge >= 0.3 is 0 Å². The summed E-state index contributed by atoms with van der Waals surface area (Å²) in [5, 5.41) is 8.01. The molecule has 0 saturated heterocycles. The van der Waals surface area contributed by atoms with Crippen molar-refractivity contribution in [2.75, 3.05) is 0 Å². The number of para-hydroxylation sites is 1. The van der Waals surface area contributed by atoms with Crippen molar-refractivity contribution >= 4 is 33.4 Å². The Kier molecular flexibility index (Phi) is 4.30.